The van der Waals surface area contributed by atoms with Crippen molar-refractivity contribution in [3.8, 4) is 5.69 Å². The number of carbonyl (C=O) groups excluding carboxylic acids is 2. The molecule has 2 heterocycles. The average Bonchev–Trinajstić information content (AvgIpc) is 3.42. The molecule has 1 amide bonds. The van der Waals surface area contributed by atoms with Crippen LogP contribution in [0.3, 0.4) is 0 Å². The number of rotatable bonds is 6. The SMILES string of the molecule is COC(=O)c1c(NC(=O)CSc2nnnn2-c2ccc(Cl)cc2)sc2c1CCC2. The molecule has 2 aromatic heterocycles. The van der Waals surface area contributed by atoms with E-state index in [9.17, 15) is 9.59 Å². The van der Waals surface area contributed by atoms with Crippen LogP contribution in [0, 0.1) is 0 Å². The first kappa shape index (κ1) is 19.9. The van der Waals surface area contributed by atoms with Gasteiger partial charge in [-0.2, -0.15) is 4.68 Å². The molecule has 8 nitrogen and oxygen atoms in total. The van der Waals surface area contributed by atoms with Gasteiger partial charge in [0.1, 0.15) is 5.00 Å². The molecule has 0 unspecified atom stereocenters. The number of ether oxygens (including phenoxy) is 1. The number of nitrogens with one attached hydrogen (secondary N) is 1. The molecule has 29 heavy (non-hydrogen) atoms. The number of anilines is 1. The van der Waals surface area contributed by atoms with Crippen molar-refractivity contribution in [3.05, 3.63) is 45.3 Å². The summed E-state index contributed by atoms with van der Waals surface area (Å²) < 4.78 is 6.44. The number of benzene rings is 1. The van der Waals surface area contributed by atoms with Crippen LogP contribution in [0.4, 0.5) is 5.00 Å². The summed E-state index contributed by atoms with van der Waals surface area (Å²) in [6.07, 6.45) is 2.77. The third-order valence-corrected chi connectivity index (χ3v) is 6.79. The average molecular weight is 450 g/mol. The lowest BCUT2D eigenvalue weighted by molar-refractivity contribution is -0.113. The Balaban J connectivity index is 1.45. The Hall–Kier alpha value is -2.43. The van der Waals surface area contributed by atoms with Gasteiger partial charge >= 0.3 is 5.97 Å². The summed E-state index contributed by atoms with van der Waals surface area (Å²) in [6.45, 7) is 0. The number of aromatic nitrogens is 4. The maximum Gasteiger partial charge on any atom is 0.341 e. The molecule has 150 valence electrons. The van der Waals surface area contributed by atoms with Crippen molar-refractivity contribution in [2.24, 2.45) is 0 Å². The molecule has 1 N–H and O–H groups in total. The van der Waals surface area contributed by atoms with Crippen molar-refractivity contribution in [3.63, 3.8) is 0 Å². The summed E-state index contributed by atoms with van der Waals surface area (Å²) in [4.78, 5) is 25.9. The van der Waals surface area contributed by atoms with Crippen molar-refractivity contribution in [2.45, 2.75) is 24.4 Å². The summed E-state index contributed by atoms with van der Waals surface area (Å²) >= 11 is 8.56. The van der Waals surface area contributed by atoms with Crippen LogP contribution in [0.25, 0.3) is 5.69 Å². The highest BCUT2D eigenvalue weighted by atomic mass is 35.5. The molecule has 4 rings (SSSR count). The van der Waals surface area contributed by atoms with E-state index in [4.69, 9.17) is 16.3 Å². The zero-order valence-electron chi connectivity index (χ0n) is 15.3. The van der Waals surface area contributed by atoms with E-state index in [1.54, 1.807) is 24.3 Å². The predicted molar refractivity (Wildman–Crippen MR) is 111 cm³/mol. The number of amides is 1. The number of carbonyl (C=O) groups is 2. The number of thiophene rings is 1. The Morgan fingerprint density at radius 3 is 2.86 bits per heavy atom. The van der Waals surface area contributed by atoms with Crippen LogP contribution in [0.2, 0.25) is 5.02 Å². The van der Waals surface area contributed by atoms with Crippen LogP contribution in [0.5, 0.6) is 0 Å². The van der Waals surface area contributed by atoms with Crippen LogP contribution in [0.1, 0.15) is 27.2 Å². The van der Waals surface area contributed by atoms with Gasteiger partial charge in [0.05, 0.1) is 24.1 Å². The van der Waals surface area contributed by atoms with Crippen LogP contribution in [0.15, 0.2) is 29.4 Å². The molecule has 1 aromatic carbocycles. The highest BCUT2D eigenvalue weighted by molar-refractivity contribution is 7.99. The van der Waals surface area contributed by atoms with E-state index < -0.39 is 5.97 Å². The first-order valence-electron chi connectivity index (χ1n) is 8.76. The van der Waals surface area contributed by atoms with Crippen LogP contribution >= 0.6 is 34.7 Å². The lowest BCUT2D eigenvalue weighted by Gasteiger charge is -2.07. The second-order valence-corrected chi connectivity index (χ2v) is 8.72. The molecule has 0 bridgehead atoms. The van der Waals surface area contributed by atoms with E-state index in [2.05, 4.69) is 20.8 Å². The lowest BCUT2D eigenvalue weighted by atomic mass is 10.1. The van der Waals surface area contributed by atoms with Gasteiger partial charge in [-0.25, -0.2) is 4.79 Å². The molecule has 11 heteroatoms. The predicted octanol–water partition coefficient (Wildman–Crippen LogP) is 3.38. The first-order chi connectivity index (χ1) is 14.1. The van der Waals surface area contributed by atoms with Gasteiger partial charge < -0.3 is 10.1 Å². The molecule has 0 spiro atoms. The molecule has 1 aliphatic rings. The van der Waals surface area contributed by atoms with E-state index in [0.29, 0.717) is 20.7 Å². The summed E-state index contributed by atoms with van der Waals surface area (Å²) in [5.74, 6) is -0.568. The fourth-order valence-electron chi connectivity index (χ4n) is 3.12. The molecular weight excluding hydrogens is 434 g/mol. The van der Waals surface area contributed by atoms with Crippen molar-refractivity contribution in [2.75, 3.05) is 18.2 Å². The number of thioether (sulfide) groups is 1. The summed E-state index contributed by atoms with van der Waals surface area (Å²) in [6, 6.07) is 7.06. The quantitative estimate of drug-likeness (QED) is 0.454. The number of aryl methyl sites for hydroxylation is 1. The van der Waals surface area contributed by atoms with Crippen molar-refractivity contribution in [1.82, 2.24) is 20.2 Å². The molecule has 0 fully saturated rings. The van der Waals surface area contributed by atoms with E-state index in [1.165, 1.54) is 34.9 Å². The molecule has 1 aliphatic carbocycles. The number of tetrazole rings is 1. The number of hydrogen-bond acceptors (Lipinski definition) is 8. The van der Waals surface area contributed by atoms with Crippen molar-refractivity contribution < 1.29 is 14.3 Å². The maximum absolute atomic E-state index is 12.5. The van der Waals surface area contributed by atoms with Crippen molar-refractivity contribution >= 4 is 51.6 Å². The van der Waals surface area contributed by atoms with Crippen molar-refractivity contribution in [1.29, 1.82) is 0 Å². The smallest absolute Gasteiger partial charge is 0.341 e. The largest absolute Gasteiger partial charge is 0.465 e. The molecular formula is C18H16ClN5O3S2. The van der Waals surface area contributed by atoms with Gasteiger partial charge in [0.2, 0.25) is 11.1 Å². The standard InChI is InChI=1S/C18H16ClN5O3S2/c1-27-17(26)15-12-3-2-4-13(12)29-16(15)20-14(25)9-28-18-21-22-23-24(18)11-7-5-10(19)6-8-11/h5-8H,2-4,9H2,1H3,(H,20,25). The van der Waals surface area contributed by atoms with E-state index >= 15 is 0 Å². The Kier molecular flexibility index (Phi) is 5.84. The minimum atomic E-state index is -0.418. The zero-order chi connectivity index (χ0) is 20.4. The van der Waals surface area contributed by atoms with Gasteiger partial charge in [0.25, 0.3) is 0 Å². The van der Waals surface area contributed by atoms with Gasteiger partial charge in [-0.05, 0) is 59.5 Å². The minimum absolute atomic E-state index is 0.0944. The van der Waals surface area contributed by atoms with Gasteiger partial charge in [-0.1, -0.05) is 23.4 Å². The van der Waals surface area contributed by atoms with Crippen LogP contribution in [-0.2, 0) is 22.4 Å². The Morgan fingerprint density at radius 1 is 1.31 bits per heavy atom. The van der Waals surface area contributed by atoms with E-state index in [-0.39, 0.29) is 11.7 Å². The molecule has 3 aromatic rings. The monoisotopic (exact) mass is 449 g/mol. The fourth-order valence-corrected chi connectivity index (χ4v) is 5.23. The number of fused-ring (bicyclic) bond motifs is 1. The minimum Gasteiger partial charge on any atom is -0.465 e. The highest BCUT2D eigenvalue weighted by Gasteiger charge is 2.28. The Bertz CT molecular complexity index is 1060. The third-order valence-electron chi connectivity index (χ3n) is 4.41. The van der Waals surface area contributed by atoms with E-state index in [1.807, 2.05) is 0 Å². The van der Waals surface area contributed by atoms with E-state index in [0.717, 1.165) is 35.4 Å². The molecule has 0 atom stereocenters. The normalized spacial score (nSPS) is 12.6. The number of halogens is 1. The topological polar surface area (TPSA) is 99.0 Å². The van der Waals surface area contributed by atoms with Gasteiger partial charge in [0, 0.05) is 9.90 Å². The highest BCUT2D eigenvalue weighted by Crippen LogP contribution is 2.39. The second-order valence-electron chi connectivity index (χ2n) is 6.24. The Labute approximate surface area is 179 Å². The summed E-state index contributed by atoms with van der Waals surface area (Å²) in [7, 11) is 1.35. The first-order valence-corrected chi connectivity index (χ1v) is 10.9. The lowest BCUT2D eigenvalue weighted by Crippen LogP contribution is -2.16. The Morgan fingerprint density at radius 2 is 2.10 bits per heavy atom. The second kappa shape index (κ2) is 8.52. The van der Waals surface area contributed by atoms with Crippen LogP contribution < -0.4 is 5.32 Å². The van der Waals surface area contributed by atoms with Gasteiger partial charge in [-0.3, -0.25) is 4.79 Å². The number of esters is 1. The molecule has 0 saturated carbocycles. The summed E-state index contributed by atoms with van der Waals surface area (Å²) in [5, 5.41) is 16.1. The molecule has 0 aliphatic heterocycles. The number of nitrogens with zero attached hydrogens (tertiary/aromatic N) is 4. The van der Waals surface area contributed by atoms with Crippen LogP contribution in [-0.4, -0.2) is 44.9 Å². The molecule has 0 radical (unpaired) electrons. The summed E-state index contributed by atoms with van der Waals surface area (Å²) in [5.41, 5.74) is 2.22. The number of hydrogen-bond donors (Lipinski definition) is 1. The van der Waals surface area contributed by atoms with Gasteiger partial charge in [-0.15, -0.1) is 16.4 Å². The zero-order valence-corrected chi connectivity index (χ0v) is 17.7. The maximum atomic E-state index is 12.5. The molecule has 0 saturated heterocycles. The number of methoxy groups -OCH3 is 1. The van der Waals surface area contributed by atoms with Gasteiger partial charge in [0.15, 0.2) is 0 Å². The third kappa shape index (κ3) is 4.14. The fraction of sp³-hybridized carbons (Fsp3) is 0.278.